The second-order valence-electron chi connectivity index (χ2n) is 3.43. The van der Waals surface area contributed by atoms with Crippen LogP contribution in [0.15, 0.2) is 36.4 Å². The van der Waals surface area contributed by atoms with E-state index in [-0.39, 0.29) is 20.9 Å². The van der Waals surface area contributed by atoms with Gasteiger partial charge in [-0.2, -0.15) is 0 Å². The van der Waals surface area contributed by atoms with Crippen LogP contribution in [0.25, 0.3) is 10.8 Å². The Morgan fingerprint density at radius 1 is 0.846 bits per heavy atom. The molecule has 0 bridgehead atoms. The molecule has 0 spiro atoms. The molecule has 3 rings (SSSR count). The molecule has 0 amide bonds. The fourth-order valence-electron chi connectivity index (χ4n) is 2.01. The molecule has 0 nitrogen and oxygen atoms in total. The first-order chi connectivity index (χ1) is 6.45. The molecule has 0 aliphatic carbocycles. The molecule has 1 heteroatoms. The summed E-state index contributed by atoms with van der Waals surface area (Å²) in [4.78, 5) is 0. The van der Waals surface area contributed by atoms with E-state index < -0.39 is 0 Å². The van der Waals surface area contributed by atoms with Gasteiger partial charge in [-0.05, 0) is 0 Å². The second kappa shape index (κ2) is 3.01. The van der Waals surface area contributed by atoms with Crippen molar-refractivity contribution in [1.29, 1.82) is 0 Å². The van der Waals surface area contributed by atoms with E-state index in [1.807, 2.05) is 0 Å². The standard InChI is InChI=1S/C12H10Te/c1-3-9-4-2-6-11-8-13-7-10(5-1)12(9)11/h1-6H,7-8H2. The van der Waals surface area contributed by atoms with E-state index in [0.29, 0.717) is 0 Å². The number of hydrogen-bond donors (Lipinski definition) is 0. The summed E-state index contributed by atoms with van der Waals surface area (Å²) in [7, 11) is 0. The Labute approximate surface area is 88.0 Å². The van der Waals surface area contributed by atoms with Crippen molar-refractivity contribution in [2.45, 2.75) is 8.94 Å². The average molecular weight is 282 g/mol. The molecular weight excluding hydrogens is 272 g/mol. The van der Waals surface area contributed by atoms with Crippen molar-refractivity contribution in [1.82, 2.24) is 0 Å². The van der Waals surface area contributed by atoms with E-state index in [1.165, 1.54) is 14.3 Å². The molecule has 0 fully saturated rings. The number of rotatable bonds is 0. The normalized spacial score (nSPS) is 14.8. The Balaban J connectivity index is 2.49. The topological polar surface area (TPSA) is 0 Å². The van der Waals surface area contributed by atoms with Crippen LogP contribution in [0.2, 0.25) is 0 Å². The maximum atomic E-state index is 2.30. The zero-order chi connectivity index (χ0) is 8.67. The van der Waals surface area contributed by atoms with E-state index in [1.54, 1.807) is 16.5 Å². The number of benzene rings is 2. The molecule has 1 aliphatic rings. The Hall–Kier alpha value is -0.510. The van der Waals surface area contributed by atoms with Gasteiger partial charge < -0.3 is 0 Å². The summed E-state index contributed by atoms with van der Waals surface area (Å²) in [5.74, 6) is 0. The van der Waals surface area contributed by atoms with E-state index in [9.17, 15) is 0 Å². The van der Waals surface area contributed by atoms with Crippen molar-refractivity contribution in [3.63, 3.8) is 0 Å². The third-order valence-electron chi connectivity index (χ3n) is 2.59. The van der Waals surface area contributed by atoms with E-state index in [0.717, 1.165) is 0 Å². The third-order valence-corrected chi connectivity index (χ3v) is 5.53. The molecule has 0 radical (unpaired) electrons. The van der Waals surface area contributed by atoms with Crippen LogP contribution in [-0.4, -0.2) is 20.9 Å². The molecule has 64 valence electrons. The monoisotopic (exact) mass is 284 g/mol. The SMILES string of the molecule is c1cc2c3c(cccc3c1)C[Te]C2. The van der Waals surface area contributed by atoms with Gasteiger partial charge >= 0.3 is 88.2 Å². The fraction of sp³-hybridized carbons (Fsp3) is 0.167. The van der Waals surface area contributed by atoms with E-state index in [2.05, 4.69) is 36.4 Å². The molecule has 0 atom stereocenters. The van der Waals surface area contributed by atoms with Gasteiger partial charge in [0.05, 0.1) is 0 Å². The molecular formula is C12H10Te. The molecule has 13 heavy (non-hydrogen) atoms. The van der Waals surface area contributed by atoms with Crippen molar-refractivity contribution >= 4 is 31.7 Å². The summed E-state index contributed by atoms with van der Waals surface area (Å²) in [5.41, 5.74) is 3.20. The third kappa shape index (κ3) is 1.19. The molecule has 0 saturated heterocycles. The summed E-state index contributed by atoms with van der Waals surface area (Å²) in [6.07, 6.45) is 0. The zero-order valence-corrected chi connectivity index (χ0v) is 9.62. The Morgan fingerprint density at radius 2 is 1.46 bits per heavy atom. The zero-order valence-electron chi connectivity index (χ0n) is 7.29. The molecule has 0 saturated carbocycles. The van der Waals surface area contributed by atoms with Crippen LogP contribution < -0.4 is 0 Å². The first-order valence-electron chi connectivity index (χ1n) is 4.52. The summed E-state index contributed by atoms with van der Waals surface area (Å²) < 4.78 is 2.78. The predicted octanol–water partition coefficient (Wildman–Crippen LogP) is 2.56. The summed E-state index contributed by atoms with van der Waals surface area (Å²) >= 11 is 0.231. The minimum absolute atomic E-state index is 0.231. The van der Waals surface area contributed by atoms with Gasteiger partial charge in [0.25, 0.3) is 0 Å². The van der Waals surface area contributed by atoms with Crippen molar-refractivity contribution in [3.05, 3.63) is 47.5 Å². The van der Waals surface area contributed by atoms with Crippen LogP contribution in [0.1, 0.15) is 11.1 Å². The van der Waals surface area contributed by atoms with Crippen LogP contribution in [0.5, 0.6) is 0 Å². The minimum atomic E-state index is 0.231. The van der Waals surface area contributed by atoms with Gasteiger partial charge in [0.1, 0.15) is 0 Å². The molecule has 2 aromatic carbocycles. The van der Waals surface area contributed by atoms with Gasteiger partial charge in [0.2, 0.25) is 0 Å². The van der Waals surface area contributed by atoms with Gasteiger partial charge in [-0.3, -0.25) is 0 Å². The van der Waals surface area contributed by atoms with Gasteiger partial charge in [-0.1, -0.05) is 0 Å². The molecule has 1 heterocycles. The second-order valence-corrected chi connectivity index (χ2v) is 6.24. The molecule has 0 aromatic heterocycles. The van der Waals surface area contributed by atoms with Crippen molar-refractivity contribution < 1.29 is 0 Å². The Morgan fingerprint density at radius 3 is 2.08 bits per heavy atom. The Bertz CT molecular complexity index is 421. The van der Waals surface area contributed by atoms with Crippen LogP contribution in [0.4, 0.5) is 0 Å². The van der Waals surface area contributed by atoms with Crippen molar-refractivity contribution in [2.24, 2.45) is 0 Å². The quantitative estimate of drug-likeness (QED) is 0.651. The molecule has 2 aromatic rings. The average Bonchev–Trinajstić information content (AvgIpc) is 2.19. The van der Waals surface area contributed by atoms with Crippen molar-refractivity contribution in [3.8, 4) is 0 Å². The van der Waals surface area contributed by atoms with E-state index >= 15 is 0 Å². The predicted molar refractivity (Wildman–Crippen MR) is 57.1 cm³/mol. The van der Waals surface area contributed by atoms with Crippen LogP contribution in [0, 0.1) is 0 Å². The van der Waals surface area contributed by atoms with Gasteiger partial charge in [-0.15, -0.1) is 0 Å². The van der Waals surface area contributed by atoms with Crippen LogP contribution >= 0.6 is 0 Å². The van der Waals surface area contributed by atoms with Gasteiger partial charge in [0, 0.05) is 0 Å². The first kappa shape index (κ1) is 7.85. The maximum absolute atomic E-state index is 2.30. The molecule has 0 unspecified atom stereocenters. The van der Waals surface area contributed by atoms with Gasteiger partial charge in [0.15, 0.2) is 0 Å². The summed E-state index contributed by atoms with van der Waals surface area (Å²) in [6, 6.07) is 13.5. The fourth-order valence-corrected chi connectivity index (χ4v) is 4.93. The number of hydrogen-bond acceptors (Lipinski definition) is 0. The van der Waals surface area contributed by atoms with Crippen LogP contribution in [0.3, 0.4) is 0 Å². The first-order valence-corrected chi connectivity index (χ1v) is 7.82. The van der Waals surface area contributed by atoms with Gasteiger partial charge in [-0.25, -0.2) is 0 Å². The molecule has 0 N–H and O–H groups in total. The van der Waals surface area contributed by atoms with E-state index in [4.69, 9.17) is 0 Å². The van der Waals surface area contributed by atoms with Crippen molar-refractivity contribution in [2.75, 3.05) is 0 Å². The Kier molecular flexibility index (Phi) is 1.82. The van der Waals surface area contributed by atoms with Crippen LogP contribution in [-0.2, 0) is 8.94 Å². The summed E-state index contributed by atoms with van der Waals surface area (Å²) in [5, 5.41) is 2.99. The molecule has 1 aliphatic heterocycles. The summed E-state index contributed by atoms with van der Waals surface area (Å²) in [6.45, 7) is 0.